The van der Waals surface area contributed by atoms with Gasteiger partial charge in [0.05, 0.1) is 11.3 Å². The number of carbonyl (C=O) groups is 1. The van der Waals surface area contributed by atoms with Crippen LogP contribution in [0.5, 0.6) is 0 Å². The molecule has 0 radical (unpaired) electrons. The average molecular weight is 355 g/mol. The number of benzene rings is 1. The molecule has 0 unspecified atom stereocenters. The van der Waals surface area contributed by atoms with Crippen molar-refractivity contribution in [3.63, 3.8) is 0 Å². The predicted molar refractivity (Wildman–Crippen MR) is 84.9 cm³/mol. The first kappa shape index (κ1) is 15.0. The van der Waals surface area contributed by atoms with Crippen molar-refractivity contribution < 1.29 is 9.53 Å². The number of nitrogens with zero attached hydrogens (tertiary/aromatic N) is 2. The van der Waals surface area contributed by atoms with Crippen molar-refractivity contribution in [3.05, 3.63) is 67.5 Å². The largest absolute Gasteiger partial charge is 0.456 e. The van der Waals surface area contributed by atoms with Gasteiger partial charge in [-0.25, -0.2) is 9.78 Å². The summed E-state index contributed by atoms with van der Waals surface area (Å²) in [6.45, 7) is -0.105. The molecule has 0 N–H and O–H groups in total. The van der Waals surface area contributed by atoms with E-state index in [4.69, 9.17) is 27.9 Å². The van der Waals surface area contributed by atoms with E-state index in [2.05, 4.69) is 4.98 Å². The molecule has 0 spiro atoms. The van der Waals surface area contributed by atoms with Crippen LogP contribution in [0.25, 0.3) is 4.96 Å². The van der Waals surface area contributed by atoms with Crippen molar-refractivity contribution in [2.24, 2.45) is 0 Å². The van der Waals surface area contributed by atoms with Gasteiger partial charge in [-0.2, -0.15) is 0 Å². The third-order valence-electron chi connectivity index (χ3n) is 2.81. The molecule has 1 aromatic carbocycles. The Morgan fingerprint density at radius 3 is 2.68 bits per heavy atom. The van der Waals surface area contributed by atoms with Gasteiger partial charge in [0.1, 0.15) is 6.61 Å². The minimum absolute atomic E-state index is 0.105. The Labute approximate surface area is 138 Å². The van der Waals surface area contributed by atoms with E-state index in [1.165, 1.54) is 40.0 Å². The molecule has 0 aliphatic rings. The number of aromatic nitrogens is 2. The van der Waals surface area contributed by atoms with Crippen LogP contribution in [-0.4, -0.2) is 15.4 Å². The Bertz CT molecular complexity index is 900. The summed E-state index contributed by atoms with van der Waals surface area (Å²) in [6, 6.07) is 5.77. The topological polar surface area (TPSA) is 60.7 Å². The summed E-state index contributed by atoms with van der Waals surface area (Å²) in [5, 5.41) is 2.44. The highest BCUT2D eigenvalue weighted by molar-refractivity contribution is 7.15. The normalized spacial score (nSPS) is 10.8. The highest BCUT2D eigenvalue weighted by Crippen LogP contribution is 2.20. The first-order chi connectivity index (χ1) is 10.5. The number of esters is 1. The number of halogens is 2. The van der Waals surface area contributed by atoms with Gasteiger partial charge in [-0.15, -0.1) is 11.3 Å². The van der Waals surface area contributed by atoms with Crippen LogP contribution in [0.4, 0.5) is 0 Å². The van der Waals surface area contributed by atoms with E-state index in [1.807, 2.05) is 0 Å². The number of hydrogen-bond acceptors (Lipinski definition) is 5. The van der Waals surface area contributed by atoms with Crippen LogP contribution < -0.4 is 5.56 Å². The Hall–Kier alpha value is -1.89. The molecule has 0 saturated carbocycles. The summed E-state index contributed by atoms with van der Waals surface area (Å²) in [6.07, 6.45) is 1.64. The van der Waals surface area contributed by atoms with Gasteiger partial charge in [-0.3, -0.25) is 9.20 Å². The van der Waals surface area contributed by atoms with E-state index < -0.39 is 5.97 Å². The number of hydrogen-bond donors (Lipinski definition) is 0. The number of rotatable bonds is 3. The van der Waals surface area contributed by atoms with Crippen LogP contribution in [-0.2, 0) is 11.3 Å². The maximum atomic E-state index is 12.0. The molecule has 8 heteroatoms. The lowest BCUT2D eigenvalue weighted by Gasteiger charge is -2.05. The molecule has 22 heavy (non-hydrogen) atoms. The monoisotopic (exact) mass is 354 g/mol. The molecule has 3 aromatic rings. The molecule has 0 amide bonds. The highest BCUT2D eigenvalue weighted by Gasteiger charge is 2.11. The smallest absolute Gasteiger partial charge is 0.338 e. The Kier molecular flexibility index (Phi) is 4.15. The van der Waals surface area contributed by atoms with E-state index in [9.17, 15) is 9.59 Å². The molecule has 3 rings (SSSR count). The van der Waals surface area contributed by atoms with Gasteiger partial charge in [0, 0.05) is 27.7 Å². The van der Waals surface area contributed by atoms with E-state index in [1.54, 1.807) is 11.6 Å². The fraction of sp³-hybridized carbons (Fsp3) is 0.0714. The van der Waals surface area contributed by atoms with Crippen molar-refractivity contribution >= 4 is 45.5 Å². The zero-order valence-electron chi connectivity index (χ0n) is 11.0. The second kappa shape index (κ2) is 6.08. The minimum atomic E-state index is -0.586. The van der Waals surface area contributed by atoms with E-state index in [-0.39, 0.29) is 17.7 Å². The lowest BCUT2D eigenvalue weighted by atomic mass is 10.2. The molecular formula is C14H8Cl2N2O3S. The third kappa shape index (κ3) is 3.14. The molecule has 2 aromatic heterocycles. The van der Waals surface area contributed by atoms with Gasteiger partial charge in [-0.1, -0.05) is 23.2 Å². The van der Waals surface area contributed by atoms with Crippen molar-refractivity contribution in [2.75, 3.05) is 0 Å². The van der Waals surface area contributed by atoms with Gasteiger partial charge in [0.25, 0.3) is 5.56 Å². The van der Waals surface area contributed by atoms with Crippen molar-refractivity contribution in [1.82, 2.24) is 9.38 Å². The summed E-state index contributed by atoms with van der Waals surface area (Å²) in [5.41, 5.74) is 0.406. The predicted octanol–water partition coefficient (Wildman–Crippen LogP) is 3.42. The van der Waals surface area contributed by atoms with Crippen molar-refractivity contribution in [3.8, 4) is 0 Å². The summed E-state index contributed by atoms with van der Waals surface area (Å²) in [4.78, 5) is 28.6. The molecule has 0 fully saturated rings. The lowest BCUT2D eigenvalue weighted by molar-refractivity contribution is 0.0468. The molecular weight excluding hydrogens is 347 g/mol. The van der Waals surface area contributed by atoms with Crippen molar-refractivity contribution in [1.29, 1.82) is 0 Å². The van der Waals surface area contributed by atoms with Gasteiger partial charge < -0.3 is 4.74 Å². The van der Waals surface area contributed by atoms with E-state index in [0.29, 0.717) is 20.7 Å². The van der Waals surface area contributed by atoms with Crippen LogP contribution in [0.2, 0.25) is 10.0 Å². The number of fused-ring (bicyclic) bond motifs is 1. The molecule has 0 saturated heterocycles. The standard InChI is InChI=1S/C14H8Cl2N2O3S/c15-9-3-8(4-10(16)5-9)13(20)21-7-11-6-12(19)18-1-2-22-14(18)17-11/h1-6H,7H2. The first-order valence-electron chi connectivity index (χ1n) is 6.12. The number of ether oxygens (including phenoxy) is 1. The van der Waals surface area contributed by atoms with Crippen LogP contribution in [0.1, 0.15) is 16.1 Å². The Morgan fingerprint density at radius 2 is 1.95 bits per heavy atom. The Balaban J connectivity index is 1.78. The Morgan fingerprint density at radius 1 is 1.23 bits per heavy atom. The zero-order valence-corrected chi connectivity index (χ0v) is 13.3. The second-order valence-electron chi connectivity index (χ2n) is 4.38. The molecule has 112 valence electrons. The van der Waals surface area contributed by atoms with E-state index in [0.717, 1.165) is 0 Å². The molecule has 0 aliphatic carbocycles. The molecule has 0 aliphatic heterocycles. The maximum absolute atomic E-state index is 12.0. The fourth-order valence-corrected chi connectivity index (χ4v) is 3.12. The molecule has 5 nitrogen and oxygen atoms in total. The second-order valence-corrected chi connectivity index (χ2v) is 6.12. The van der Waals surface area contributed by atoms with Gasteiger partial charge in [-0.05, 0) is 18.2 Å². The summed E-state index contributed by atoms with van der Waals surface area (Å²) in [7, 11) is 0. The fourth-order valence-electron chi connectivity index (χ4n) is 1.86. The quantitative estimate of drug-likeness (QED) is 0.676. The number of carbonyl (C=O) groups excluding carboxylic acids is 1. The number of thiazole rings is 1. The first-order valence-corrected chi connectivity index (χ1v) is 7.75. The summed E-state index contributed by atoms with van der Waals surface area (Å²) in [5.74, 6) is -0.586. The lowest BCUT2D eigenvalue weighted by Crippen LogP contribution is -2.14. The van der Waals surface area contributed by atoms with Crippen LogP contribution in [0.3, 0.4) is 0 Å². The SMILES string of the molecule is O=C(OCc1cc(=O)n2ccsc2n1)c1cc(Cl)cc(Cl)c1. The molecule has 0 atom stereocenters. The van der Waals surface area contributed by atoms with E-state index >= 15 is 0 Å². The van der Waals surface area contributed by atoms with Gasteiger partial charge >= 0.3 is 5.97 Å². The van der Waals surface area contributed by atoms with Crippen molar-refractivity contribution in [2.45, 2.75) is 6.61 Å². The van der Waals surface area contributed by atoms with Crippen LogP contribution in [0, 0.1) is 0 Å². The minimum Gasteiger partial charge on any atom is -0.456 e. The van der Waals surface area contributed by atoms with Gasteiger partial charge in [0.15, 0.2) is 4.96 Å². The third-order valence-corrected chi connectivity index (χ3v) is 4.00. The maximum Gasteiger partial charge on any atom is 0.338 e. The molecule has 0 bridgehead atoms. The summed E-state index contributed by atoms with van der Waals surface area (Å²) >= 11 is 13.0. The highest BCUT2D eigenvalue weighted by atomic mass is 35.5. The summed E-state index contributed by atoms with van der Waals surface area (Å²) < 4.78 is 6.57. The van der Waals surface area contributed by atoms with Crippen LogP contribution >= 0.6 is 34.5 Å². The molecule has 2 heterocycles. The van der Waals surface area contributed by atoms with Crippen LogP contribution in [0.15, 0.2) is 40.6 Å². The zero-order chi connectivity index (χ0) is 15.7. The van der Waals surface area contributed by atoms with Gasteiger partial charge in [0.2, 0.25) is 0 Å². The average Bonchev–Trinajstić information content (AvgIpc) is 2.92.